The van der Waals surface area contributed by atoms with Crippen LogP contribution in [0, 0.1) is 0 Å². The van der Waals surface area contributed by atoms with Crippen LogP contribution in [0.3, 0.4) is 0 Å². The van der Waals surface area contributed by atoms with Crippen molar-refractivity contribution in [1.29, 1.82) is 0 Å². The lowest BCUT2D eigenvalue weighted by molar-refractivity contribution is 0.194. The van der Waals surface area contributed by atoms with Crippen LogP contribution in [0.4, 0.5) is 5.82 Å². The highest BCUT2D eigenvalue weighted by molar-refractivity contribution is 5.25. The number of nitrogens with zero attached hydrogens (tertiary/aromatic N) is 1. The molecule has 0 radical (unpaired) electrons. The summed E-state index contributed by atoms with van der Waals surface area (Å²) in [5.41, 5.74) is 5.19. The molecule has 0 aromatic carbocycles. The molecule has 0 saturated heterocycles. The first-order chi connectivity index (χ1) is 6.22. The first kappa shape index (κ1) is 9.73. The molecule has 13 heavy (non-hydrogen) atoms. The maximum atomic E-state index is 10.9. The number of ether oxygens (including phenoxy) is 1. The van der Waals surface area contributed by atoms with Crippen LogP contribution in [0.2, 0.25) is 0 Å². The molecule has 0 saturated carbocycles. The van der Waals surface area contributed by atoms with Gasteiger partial charge in [0.05, 0.1) is 0 Å². The van der Waals surface area contributed by atoms with Crippen molar-refractivity contribution in [3.05, 3.63) is 22.2 Å². The van der Waals surface area contributed by atoms with Gasteiger partial charge in [-0.15, -0.1) is 0 Å². The average molecular weight is 183 g/mol. The molecule has 0 aliphatic heterocycles. The van der Waals surface area contributed by atoms with Gasteiger partial charge >= 0.3 is 0 Å². The van der Waals surface area contributed by atoms with Gasteiger partial charge < -0.3 is 15.5 Å². The van der Waals surface area contributed by atoms with Crippen LogP contribution in [-0.2, 0) is 11.2 Å². The summed E-state index contributed by atoms with van der Waals surface area (Å²) in [7, 11) is 1.63. The fraction of sp³-hybridized carbons (Fsp3) is 0.500. The van der Waals surface area contributed by atoms with E-state index in [0.717, 1.165) is 6.42 Å². The van der Waals surface area contributed by atoms with E-state index in [1.54, 1.807) is 7.11 Å². The maximum Gasteiger partial charge on any atom is 0.252 e. The number of nitrogen functional groups attached to an aromatic ring is 1. The molecule has 0 aliphatic rings. The zero-order valence-electron chi connectivity index (χ0n) is 7.54. The van der Waals surface area contributed by atoms with Gasteiger partial charge in [0.1, 0.15) is 11.6 Å². The van der Waals surface area contributed by atoms with Gasteiger partial charge in [0.2, 0.25) is 0 Å². The lowest BCUT2D eigenvalue weighted by Crippen LogP contribution is -2.12. The second-order valence-electron chi connectivity index (χ2n) is 2.71. The van der Waals surface area contributed by atoms with Crippen LogP contribution in [-0.4, -0.2) is 23.7 Å². The minimum Gasteiger partial charge on any atom is -0.385 e. The van der Waals surface area contributed by atoms with Crippen molar-refractivity contribution in [2.24, 2.45) is 0 Å². The van der Waals surface area contributed by atoms with Crippen molar-refractivity contribution < 1.29 is 4.74 Å². The molecule has 0 unspecified atom stereocenters. The summed E-state index contributed by atoms with van der Waals surface area (Å²) in [6, 6.07) is 1.26. The van der Waals surface area contributed by atoms with Gasteiger partial charge in [-0.05, 0) is 6.42 Å². The number of aromatic nitrogens is 2. The Hall–Kier alpha value is -1.36. The molecule has 5 nitrogen and oxygen atoms in total. The normalized spacial score (nSPS) is 10.2. The van der Waals surface area contributed by atoms with E-state index in [0.29, 0.717) is 18.9 Å². The monoisotopic (exact) mass is 183 g/mol. The highest BCUT2D eigenvalue weighted by Crippen LogP contribution is 1.96. The number of H-pyrrole nitrogens is 1. The largest absolute Gasteiger partial charge is 0.385 e. The Morgan fingerprint density at radius 3 is 3.08 bits per heavy atom. The smallest absolute Gasteiger partial charge is 0.252 e. The second kappa shape index (κ2) is 4.61. The predicted octanol–water partition coefficient (Wildman–Crippen LogP) is -0.0689. The van der Waals surface area contributed by atoms with Gasteiger partial charge in [0.25, 0.3) is 5.56 Å². The lowest BCUT2D eigenvalue weighted by atomic mass is 10.3. The zero-order valence-corrected chi connectivity index (χ0v) is 7.54. The minimum absolute atomic E-state index is 0.208. The highest BCUT2D eigenvalue weighted by Gasteiger charge is 1.97. The molecule has 1 aromatic rings. The number of nitrogens with two attached hydrogens (primary N) is 1. The van der Waals surface area contributed by atoms with Gasteiger partial charge in [-0.25, -0.2) is 4.98 Å². The van der Waals surface area contributed by atoms with Crippen LogP contribution in [0.15, 0.2) is 10.9 Å². The molecular formula is C8H13N3O2. The Morgan fingerprint density at radius 1 is 1.69 bits per heavy atom. The van der Waals surface area contributed by atoms with Crippen LogP contribution in [0.5, 0.6) is 0 Å². The average Bonchev–Trinajstić information content (AvgIpc) is 2.03. The van der Waals surface area contributed by atoms with Crippen molar-refractivity contribution >= 4 is 5.82 Å². The molecule has 1 heterocycles. The Morgan fingerprint density at radius 2 is 2.46 bits per heavy atom. The first-order valence-corrected chi connectivity index (χ1v) is 4.07. The number of methoxy groups -OCH3 is 1. The number of aryl methyl sites for hydroxylation is 1. The molecule has 1 aromatic heterocycles. The fourth-order valence-corrected chi connectivity index (χ4v) is 1.03. The van der Waals surface area contributed by atoms with Gasteiger partial charge in [-0.3, -0.25) is 4.79 Å². The van der Waals surface area contributed by atoms with E-state index in [-0.39, 0.29) is 11.4 Å². The molecule has 0 spiro atoms. The number of nitrogens with one attached hydrogen (secondary N) is 1. The molecule has 3 N–H and O–H groups in total. The summed E-state index contributed by atoms with van der Waals surface area (Å²) in [6.45, 7) is 0.651. The number of rotatable bonds is 4. The van der Waals surface area contributed by atoms with Crippen molar-refractivity contribution in [2.45, 2.75) is 12.8 Å². The summed E-state index contributed by atoms with van der Waals surface area (Å²) >= 11 is 0. The van der Waals surface area contributed by atoms with E-state index >= 15 is 0 Å². The predicted molar refractivity (Wildman–Crippen MR) is 49.5 cm³/mol. The van der Waals surface area contributed by atoms with E-state index in [2.05, 4.69) is 9.97 Å². The van der Waals surface area contributed by atoms with Crippen molar-refractivity contribution in [3.8, 4) is 0 Å². The summed E-state index contributed by atoms with van der Waals surface area (Å²) < 4.78 is 4.87. The second-order valence-corrected chi connectivity index (χ2v) is 2.71. The van der Waals surface area contributed by atoms with Crippen LogP contribution < -0.4 is 11.3 Å². The van der Waals surface area contributed by atoms with Crippen molar-refractivity contribution in [2.75, 3.05) is 19.5 Å². The Bertz CT molecular complexity index is 321. The van der Waals surface area contributed by atoms with E-state index in [4.69, 9.17) is 10.5 Å². The third-order valence-electron chi connectivity index (χ3n) is 1.57. The molecule has 5 heteroatoms. The molecule has 0 fully saturated rings. The number of hydrogen-bond donors (Lipinski definition) is 2. The van der Waals surface area contributed by atoms with Crippen LogP contribution in [0.25, 0.3) is 0 Å². The van der Waals surface area contributed by atoms with E-state index in [1.165, 1.54) is 6.07 Å². The summed E-state index contributed by atoms with van der Waals surface area (Å²) in [5, 5.41) is 0. The molecule has 0 atom stereocenters. The van der Waals surface area contributed by atoms with E-state index in [9.17, 15) is 4.79 Å². The summed E-state index contributed by atoms with van der Waals surface area (Å²) in [6.07, 6.45) is 1.50. The van der Waals surface area contributed by atoms with E-state index < -0.39 is 0 Å². The Kier molecular flexibility index (Phi) is 3.45. The van der Waals surface area contributed by atoms with Crippen molar-refractivity contribution in [1.82, 2.24) is 9.97 Å². The maximum absolute atomic E-state index is 10.9. The van der Waals surface area contributed by atoms with E-state index in [1.807, 2.05) is 0 Å². The molecule has 0 bridgehead atoms. The highest BCUT2D eigenvalue weighted by atomic mass is 16.5. The Labute approximate surface area is 75.9 Å². The van der Waals surface area contributed by atoms with Crippen LogP contribution in [0.1, 0.15) is 12.2 Å². The minimum atomic E-state index is -0.208. The summed E-state index contributed by atoms with van der Waals surface area (Å²) in [4.78, 5) is 17.5. The number of aromatic amines is 1. The van der Waals surface area contributed by atoms with Gasteiger partial charge in [-0.2, -0.15) is 0 Å². The van der Waals surface area contributed by atoms with Gasteiger partial charge in [0.15, 0.2) is 0 Å². The molecule has 1 rings (SSSR count). The third kappa shape index (κ3) is 3.25. The topological polar surface area (TPSA) is 81.0 Å². The lowest BCUT2D eigenvalue weighted by Gasteiger charge is -2.00. The first-order valence-electron chi connectivity index (χ1n) is 4.07. The van der Waals surface area contributed by atoms with Crippen molar-refractivity contribution in [3.63, 3.8) is 0 Å². The fourth-order valence-electron chi connectivity index (χ4n) is 1.03. The third-order valence-corrected chi connectivity index (χ3v) is 1.57. The van der Waals surface area contributed by atoms with Gasteiger partial charge in [0, 0.05) is 26.2 Å². The number of anilines is 1. The summed E-state index contributed by atoms with van der Waals surface area (Å²) in [5.74, 6) is 0.873. The SMILES string of the molecule is COCCCc1nc(N)cc(=O)[nH]1. The molecule has 72 valence electrons. The molecule has 0 aliphatic carbocycles. The standard InChI is InChI=1S/C8H13N3O2/c1-13-4-2-3-7-10-6(9)5-8(12)11-7/h5H,2-4H2,1H3,(H3,9,10,11,12). The van der Waals surface area contributed by atoms with Crippen LogP contribution >= 0.6 is 0 Å². The quantitative estimate of drug-likeness (QED) is 0.640. The van der Waals surface area contributed by atoms with Gasteiger partial charge in [-0.1, -0.05) is 0 Å². The molecular weight excluding hydrogens is 170 g/mol. The molecule has 0 amide bonds. The zero-order chi connectivity index (χ0) is 9.68. The Balaban J connectivity index is 2.61. The number of hydrogen-bond acceptors (Lipinski definition) is 4.